The average molecular weight is 257 g/mol. The second-order valence-corrected chi connectivity index (χ2v) is 5.18. The van der Waals surface area contributed by atoms with Crippen molar-refractivity contribution in [1.29, 1.82) is 0 Å². The molecule has 0 saturated carbocycles. The van der Waals surface area contributed by atoms with E-state index < -0.39 is 0 Å². The van der Waals surface area contributed by atoms with Gasteiger partial charge in [0.15, 0.2) is 0 Å². The lowest BCUT2D eigenvalue weighted by Gasteiger charge is -2.07. The first-order valence-electron chi connectivity index (χ1n) is 6.92. The summed E-state index contributed by atoms with van der Waals surface area (Å²) in [6, 6.07) is 6.60. The average Bonchev–Trinajstić information content (AvgIpc) is 2.74. The molecule has 0 unspecified atom stereocenters. The highest BCUT2D eigenvalue weighted by Gasteiger charge is 2.10. The summed E-state index contributed by atoms with van der Waals surface area (Å²) in [6.07, 6.45) is 2.87. The highest BCUT2D eigenvalue weighted by molar-refractivity contribution is 5.77. The monoisotopic (exact) mass is 257 g/mol. The SMILES string of the molecule is C=CCn1c(CCNC)nc2cc(C(C)C)ccc21. The number of nitrogens with one attached hydrogen (secondary N) is 1. The predicted octanol–water partition coefficient (Wildman–Crippen LogP) is 3.11. The van der Waals surface area contributed by atoms with Crippen molar-refractivity contribution in [2.24, 2.45) is 0 Å². The van der Waals surface area contributed by atoms with Gasteiger partial charge < -0.3 is 9.88 Å². The summed E-state index contributed by atoms with van der Waals surface area (Å²) in [7, 11) is 1.97. The molecule has 0 aliphatic carbocycles. The maximum Gasteiger partial charge on any atom is 0.111 e. The Labute approximate surface area is 115 Å². The van der Waals surface area contributed by atoms with Crippen molar-refractivity contribution in [3.63, 3.8) is 0 Å². The van der Waals surface area contributed by atoms with Crippen molar-refractivity contribution in [3.05, 3.63) is 42.2 Å². The van der Waals surface area contributed by atoms with Crippen LogP contribution in [0.5, 0.6) is 0 Å². The molecule has 3 nitrogen and oxygen atoms in total. The van der Waals surface area contributed by atoms with Gasteiger partial charge in [0, 0.05) is 19.5 Å². The number of aromatic nitrogens is 2. The molecule has 102 valence electrons. The van der Waals surface area contributed by atoms with Crippen molar-refractivity contribution in [2.75, 3.05) is 13.6 Å². The lowest BCUT2D eigenvalue weighted by atomic mass is 10.0. The number of likely N-dealkylation sites (N-methyl/N-ethyl adjacent to an activating group) is 1. The topological polar surface area (TPSA) is 29.9 Å². The van der Waals surface area contributed by atoms with Crippen LogP contribution in [0.25, 0.3) is 11.0 Å². The highest BCUT2D eigenvalue weighted by Crippen LogP contribution is 2.22. The van der Waals surface area contributed by atoms with Gasteiger partial charge >= 0.3 is 0 Å². The Morgan fingerprint density at radius 1 is 1.42 bits per heavy atom. The number of imidazole rings is 1. The number of fused-ring (bicyclic) bond motifs is 1. The van der Waals surface area contributed by atoms with Crippen molar-refractivity contribution >= 4 is 11.0 Å². The van der Waals surface area contributed by atoms with Gasteiger partial charge in [0.25, 0.3) is 0 Å². The number of hydrogen-bond acceptors (Lipinski definition) is 2. The summed E-state index contributed by atoms with van der Waals surface area (Å²) in [4.78, 5) is 4.79. The summed E-state index contributed by atoms with van der Waals surface area (Å²) in [6.45, 7) is 10.0. The van der Waals surface area contributed by atoms with E-state index in [9.17, 15) is 0 Å². The summed E-state index contributed by atoms with van der Waals surface area (Å²) in [5.41, 5.74) is 3.64. The van der Waals surface area contributed by atoms with E-state index in [1.807, 2.05) is 13.1 Å². The standard InChI is InChI=1S/C16H23N3/c1-5-10-19-15-7-6-13(12(2)3)11-14(15)18-16(19)8-9-17-4/h5-7,11-12,17H,1,8-10H2,2-4H3. The minimum absolute atomic E-state index is 0.537. The van der Waals surface area contributed by atoms with Crippen LogP contribution in [0.3, 0.4) is 0 Å². The lowest BCUT2D eigenvalue weighted by Crippen LogP contribution is -2.13. The fraction of sp³-hybridized carbons (Fsp3) is 0.438. The molecule has 0 aliphatic rings. The Morgan fingerprint density at radius 2 is 2.21 bits per heavy atom. The molecule has 2 aromatic rings. The van der Waals surface area contributed by atoms with E-state index in [2.05, 4.69) is 48.5 Å². The second-order valence-electron chi connectivity index (χ2n) is 5.18. The third kappa shape index (κ3) is 2.87. The molecule has 0 amide bonds. The number of allylic oxidation sites excluding steroid dienone is 1. The zero-order valence-electron chi connectivity index (χ0n) is 12.1. The van der Waals surface area contributed by atoms with Crippen LogP contribution < -0.4 is 5.32 Å². The molecule has 19 heavy (non-hydrogen) atoms. The van der Waals surface area contributed by atoms with Gasteiger partial charge in [0.1, 0.15) is 5.82 Å². The first-order valence-corrected chi connectivity index (χ1v) is 6.92. The quantitative estimate of drug-likeness (QED) is 0.806. The van der Waals surface area contributed by atoms with Gasteiger partial charge in [-0.2, -0.15) is 0 Å². The summed E-state index contributed by atoms with van der Waals surface area (Å²) in [5.74, 6) is 1.67. The fourth-order valence-corrected chi connectivity index (χ4v) is 2.32. The van der Waals surface area contributed by atoms with Crippen molar-refractivity contribution in [2.45, 2.75) is 32.7 Å². The number of hydrogen-bond donors (Lipinski definition) is 1. The van der Waals surface area contributed by atoms with Crippen LogP contribution in [-0.4, -0.2) is 23.1 Å². The Bertz CT molecular complexity index is 567. The molecule has 0 fully saturated rings. The Kier molecular flexibility index (Phi) is 4.38. The normalized spacial score (nSPS) is 11.4. The third-order valence-electron chi connectivity index (χ3n) is 3.43. The molecule has 0 spiro atoms. The van der Waals surface area contributed by atoms with Crippen LogP contribution in [0.2, 0.25) is 0 Å². The minimum Gasteiger partial charge on any atom is -0.324 e. The molecular weight excluding hydrogens is 234 g/mol. The molecule has 0 bridgehead atoms. The molecule has 0 aliphatic heterocycles. The van der Waals surface area contributed by atoms with Crippen LogP contribution >= 0.6 is 0 Å². The first-order chi connectivity index (χ1) is 9.17. The van der Waals surface area contributed by atoms with E-state index >= 15 is 0 Å². The number of benzene rings is 1. The molecule has 2 rings (SSSR count). The van der Waals surface area contributed by atoms with E-state index in [-0.39, 0.29) is 0 Å². The molecular formula is C16H23N3. The van der Waals surface area contributed by atoms with E-state index in [0.717, 1.165) is 30.9 Å². The summed E-state index contributed by atoms with van der Waals surface area (Å²) >= 11 is 0. The predicted molar refractivity (Wildman–Crippen MR) is 81.6 cm³/mol. The van der Waals surface area contributed by atoms with E-state index in [1.165, 1.54) is 11.1 Å². The van der Waals surface area contributed by atoms with Gasteiger partial charge in [0.2, 0.25) is 0 Å². The lowest BCUT2D eigenvalue weighted by molar-refractivity contribution is 0.703. The third-order valence-corrected chi connectivity index (χ3v) is 3.43. The molecule has 1 aromatic heterocycles. The molecule has 1 heterocycles. The molecule has 0 saturated heterocycles. The van der Waals surface area contributed by atoms with Crippen LogP contribution in [0.4, 0.5) is 0 Å². The van der Waals surface area contributed by atoms with Crippen molar-refractivity contribution in [3.8, 4) is 0 Å². The van der Waals surface area contributed by atoms with E-state index in [0.29, 0.717) is 5.92 Å². The number of nitrogens with zero attached hydrogens (tertiary/aromatic N) is 2. The minimum atomic E-state index is 0.537. The van der Waals surface area contributed by atoms with Gasteiger partial charge in [-0.15, -0.1) is 6.58 Å². The van der Waals surface area contributed by atoms with Gasteiger partial charge in [-0.3, -0.25) is 0 Å². The molecule has 3 heteroatoms. The van der Waals surface area contributed by atoms with Gasteiger partial charge in [0.05, 0.1) is 11.0 Å². The Morgan fingerprint density at radius 3 is 2.84 bits per heavy atom. The smallest absolute Gasteiger partial charge is 0.111 e. The highest BCUT2D eigenvalue weighted by atomic mass is 15.1. The van der Waals surface area contributed by atoms with E-state index in [1.54, 1.807) is 0 Å². The second kappa shape index (κ2) is 6.02. The van der Waals surface area contributed by atoms with Crippen LogP contribution in [0, 0.1) is 0 Å². The first kappa shape index (κ1) is 13.8. The van der Waals surface area contributed by atoms with Gasteiger partial charge in [-0.25, -0.2) is 4.98 Å². The largest absolute Gasteiger partial charge is 0.324 e. The maximum absolute atomic E-state index is 4.79. The molecule has 1 N–H and O–H groups in total. The van der Waals surface area contributed by atoms with Gasteiger partial charge in [-0.1, -0.05) is 26.0 Å². The zero-order valence-corrected chi connectivity index (χ0v) is 12.1. The summed E-state index contributed by atoms with van der Waals surface area (Å²) < 4.78 is 2.25. The number of rotatable bonds is 6. The summed E-state index contributed by atoms with van der Waals surface area (Å²) in [5, 5.41) is 3.18. The van der Waals surface area contributed by atoms with Crippen LogP contribution in [0.15, 0.2) is 30.9 Å². The molecule has 0 radical (unpaired) electrons. The van der Waals surface area contributed by atoms with Crippen LogP contribution in [-0.2, 0) is 13.0 Å². The fourth-order valence-electron chi connectivity index (χ4n) is 2.32. The zero-order chi connectivity index (χ0) is 13.8. The Hall–Kier alpha value is -1.61. The Balaban J connectivity index is 2.48. The molecule has 0 atom stereocenters. The molecule has 1 aromatic carbocycles. The van der Waals surface area contributed by atoms with E-state index in [4.69, 9.17) is 4.98 Å². The van der Waals surface area contributed by atoms with Gasteiger partial charge in [-0.05, 0) is 30.7 Å². The van der Waals surface area contributed by atoms with Crippen molar-refractivity contribution < 1.29 is 0 Å². The van der Waals surface area contributed by atoms with Crippen LogP contribution in [0.1, 0.15) is 31.2 Å². The van der Waals surface area contributed by atoms with Crippen molar-refractivity contribution in [1.82, 2.24) is 14.9 Å². The maximum atomic E-state index is 4.79.